The number of likely N-dealkylation sites (tertiary alicyclic amines) is 1. The average Bonchev–Trinajstić information content (AvgIpc) is 3.22. The zero-order valence-electron chi connectivity index (χ0n) is 16.9. The van der Waals surface area contributed by atoms with Crippen LogP contribution in [0, 0.1) is 0 Å². The molecule has 2 N–H and O–H groups in total. The van der Waals surface area contributed by atoms with Crippen LogP contribution in [0.3, 0.4) is 0 Å². The number of hydrogen-bond donors (Lipinski definition) is 2. The number of nitrogens with one attached hydrogen (secondary N) is 1. The second kappa shape index (κ2) is 10.8. The fourth-order valence-electron chi connectivity index (χ4n) is 3.01. The Labute approximate surface area is 173 Å². The predicted molar refractivity (Wildman–Crippen MR) is 107 cm³/mol. The molecule has 1 aliphatic heterocycles. The predicted octanol–water partition coefficient (Wildman–Crippen LogP) is 3.71. The number of aromatic nitrogens is 1. The van der Waals surface area contributed by atoms with Crippen LogP contribution in [0.5, 0.6) is 5.75 Å². The second-order valence-electron chi connectivity index (χ2n) is 6.48. The molecule has 1 aliphatic rings. The minimum Gasteiger partial charge on any atom is -0.484 e. The molecule has 164 valence electrons. The van der Waals surface area contributed by atoms with E-state index in [0.717, 1.165) is 24.0 Å². The van der Waals surface area contributed by atoms with E-state index in [1.807, 2.05) is 13.8 Å². The van der Waals surface area contributed by atoms with Crippen molar-refractivity contribution in [2.24, 2.45) is 0 Å². The van der Waals surface area contributed by atoms with E-state index in [-0.39, 0.29) is 37.4 Å². The van der Waals surface area contributed by atoms with Crippen molar-refractivity contribution in [1.29, 1.82) is 0 Å². The van der Waals surface area contributed by atoms with Gasteiger partial charge in [-0.2, -0.15) is 13.2 Å². The lowest BCUT2D eigenvalue weighted by molar-refractivity contribution is -0.137. The number of halogens is 3. The number of ether oxygens (including phenoxy) is 1. The maximum atomic E-state index is 13.1. The molecule has 1 unspecified atom stereocenters. The number of benzene rings is 1. The third-order valence-corrected chi connectivity index (χ3v) is 4.50. The smallest absolute Gasteiger partial charge is 0.418 e. The summed E-state index contributed by atoms with van der Waals surface area (Å²) in [6, 6.07) is 7.35. The number of carbonyl (C=O) groups excluding carboxylic acids is 1. The number of aliphatic hydroxyl groups excluding tert-OH is 1. The molecule has 3 rings (SSSR count). The van der Waals surface area contributed by atoms with Gasteiger partial charge in [-0.1, -0.05) is 26.0 Å². The summed E-state index contributed by atoms with van der Waals surface area (Å²) in [6.45, 7) is 4.49. The summed E-state index contributed by atoms with van der Waals surface area (Å²) in [5.74, 6) is 0.266. The SMILES string of the molecule is CC.O=C(COc1ccc(CO)cc1)N1CCC(Nc2cnccc2C(F)(F)F)C1. The molecule has 6 nitrogen and oxygen atoms in total. The summed E-state index contributed by atoms with van der Waals surface area (Å²) in [4.78, 5) is 17.6. The highest BCUT2D eigenvalue weighted by atomic mass is 19.4. The third kappa shape index (κ3) is 6.35. The topological polar surface area (TPSA) is 74.7 Å². The second-order valence-corrected chi connectivity index (χ2v) is 6.48. The molecule has 1 saturated heterocycles. The summed E-state index contributed by atoms with van der Waals surface area (Å²) in [5.41, 5.74) is -0.128. The summed E-state index contributed by atoms with van der Waals surface area (Å²) in [6.07, 6.45) is -1.70. The fraction of sp³-hybridized carbons (Fsp3) is 0.429. The molecule has 0 aliphatic carbocycles. The van der Waals surface area contributed by atoms with Gasteiger partial charge in [0.2, 0.25) is 0 Å². The molecule has 1 aromatic heterocycles. The minimum atomic E-state index is -4.47. The quantitative estimate of drug-likeness (QED) is 0.738. The molecule has 1 atom stereocenters. The molecule has 2 heterocycles. The Morgan fingerprint density at radius 1 is 1.27 bits per heavy atom. The number of carbonyl (C=O) groups is 1. The van der Waals surface area contributed by atoms with Crippen LogP contribution in [0.4, 0.5) is 18.9 Å². The standard InChI is InChI=1S/C19H20F3N3O3.C2H6/c20-19(21,22)16-5-7-23-9-17(16)24-14-6-8-25(10-14)18(27)12-28-15-3-1-13(11-26)2-4-15;1-2/h1-5,7,9,14,24,26H,6,8,10-12H2;1-2H3. The molecule has 0 saturated carbocycles. The maximum Gasteiger partial charge on any atom is 0.418 e. The highest BCUT2D eigenvalue weighted by Crippen LogP contribution is 2.34. The normalized spacial score (nSPS) is 15.9. The summed E-state index contributed by atoms with van der Waals surface area (Å²) in [5, 5.41) is 11.9. The van der Waals surface area contributed by atoms with Crippen LogP contribution >= 0.6 is 0 Å². The first-order chi connectivity index (χ1) is 14.4. The third-order valence-electron chi connectivity index (χ3n) is 4.50. The Bertz CT molecular complexity index is 813. The van der Waals surface area contributed by atoms with Crippen molar-refractivity contribution in [3.63, 3.8) is 0 Å². The van der Waals surface area contributed by atoms with Gasteiger partial charge in [-0.25, -0.2) is 0 Å². The highest BCUT2D eigenvalue weighted by molar-refractivity contribution is 5.78. The van der Waals surface area contributed by atoms with Crippen molar-refractivity contribution in [1.82, 2.24) is 9.88 Å². The van der Waals surface area contributed by atoms with E-state index in [0.29, 0.717) is 18.7 Å². The number of alkyl halides is 3. The van der Waals surface area contributed by atoms with Gasteiger partial charge in [-0.05, 0) is 30.2 Å². The summed E-state index contributed by atoms with van der Waals surface area (Å²) < 4.78 is 44.7. The Kier molecular flexibility index (Phi) is 8.46. The van der Waals surface area contributed by atoms with Gasteiger partial charge in [0.05, 0.1) is 24.1 Å². The van der Waals surface area contributed by atoms with Gasteiger partial charge in [0.15, 0.2) is 6.61 Å². The van der Waals surface area contributed by atoms with Crippen LogP contribution in [0.1, 0.15) is 31.4 Å². The molecule has 1 amide bonds. The lowest BCUT2D eigenvalue weighted by Gasteiger charge is -2.20. The van der Waals surface area contributed by atoms with Crippen LogP contribution in [0.15, 0.2) is 42.7 Å². The monoisotopic (exact) mass is 425 g/mol. The van der Waals surface area contributed by atoms with Gasteiger partial charge in [0, 0.05) is 25.3 Å². The number of aliphatic hydroxyl groups is 1. The van der Waals surface area contributed by atoms with E-state index < -0.39 is 11.7 Å². The van der Waals surface area contributed by atoms with E-state index in [2.05, 4.69) is 10.3 Å². The van der Waals surface area contributed by atoms with Crippen molar-refractivity contribution in [2.45, 2.75) is 39.1 Å². The fourth-order valence-corrected chi connectivity index (χ4v) is 3.01. The van der Waals surface area contributed by atoms with Gasteiger partial charge in [-0.15, -0.1) is 0 Å². The number of hydrogen-bond acceptors (Lipinski definition) is 5. The van der Waals surface area contributed by atoms with E-state index >= 15 is 0 Å². The number of nitrogens with zero attached hydrogens (tertiary/aromatic N) is 2. The summed E-state index contributed by atoms with van der Waals surface area (Å²) >= 11 is 0. The molecule has 0 radical (unpaired) electrons. The molecular weight excluding hydrogens is 399 g/mol. The summed E-state index contributed by atoms with van der Waals surface area (Å²) in [7, 11) is 0. The number of rotatable bonds is 6. The van der Waals surface area contributed by atoms with Gasteiger partial charge in [0.25, 0.3) is 5.91 Å². The van der Waals surface area contributed by atoms with Crippen LogP contribution in [-0.2, 0) is 17.6 Å². The number of pyridine rings is 1. The molecule has 0 spiro atoms. The first kappa shape index (κ1) is 23.5. The van der Waals surface area contributed by atoms with Gasteiger partial charge in [-0.3, -0.25) is 9.78 Å². The molecular formula is C21H26F3N3O3. The average molecular weight is 425 g/mol. The Morgan fingerprint density at radius 3 is 2.60 bits per heavy atom. The van der Waals surface area contributed by atoms with Crippen molar-refractivity contribution < 1.29 is 27.8 Å². The largest absolute Gasteiger partial charge is 0.484 e. The van der Waals surface area contributed by atoms with Crippen LogP contribution in [0.2, 0.25) is 0 Å². The van der Waals surface area contributed by atoms with E-state index in [9.17, 15) is 18.0 Å². The van der Waals surface area contributed by atoms with Crippen molar-refractivity contribution >= 4 is 11.6 Å². The Hall–Kier alpha value is -2.81. The van der Waals surface area contributed by atoms with Crippen LogP contribution in [-0.4, -0.2) is 46.6 Å². The molecule has 1 fully saturated rings. The van der Waals surface area contributed by atoms with Gasteiger partial charge in [0.1, 0.15) is 5.75 Å². The van der Waals surface area contributed by atoms with Crippen molar-refractivity contribution in [3.8, 4) is 5.75 Å². The maximum absolute atomic E-state index is 13.1. The lowest BCUT2D eigenvalue weighted by Crippen LogP contribution is -2.35. The van der Waals surface area contributed by atoms with Crippen LogP contribution in [0.25, 0.3) is 0 Å². The first-order valence-corrected chi connectivity index (χ1v) is 9.75. The van der Waals surface area contributed by atoms with Crippen molar-refractivity contribution in [3.05, 3.63) is 53.9 Å². The minimum absolute atomic E-state index is 0.0750. The van der Waals surface area contributed by atoms with E-state index in [1.165, 1.54) is 0 Å². The molecule has 9 heteroatoms. The number of amides is 1. The first-order valence-electron chi connectivity index (χ1n) is 9.75. The van der Waals surface area contributed by atoms with E-state index in [1.54, 1.807) is 29.2 Å². The van der Waals surface area contributed by atoms with Gasteiger partial charge >= 0.3 is 6.18 Å². The molecule has 0 bridgehead atoms. The molecule has 1 aromatic carbocycles. The lowest BCUT2D eigenvalue weighted by atomic mass is 10.2. The Morgan fingerprint density at radius 2 is 1.97 bits per heavy atom. The van der Waals surface area contributed by atoms with Gasteiger partial charge < -0.3 is 20.1 Å². The highest BCUT2D eigenvalue weighted by Gasteiger charge is 2.35. The Balaban J connectivity index is 0.00000155. The van der Waals surface area contributed by atoms with E-state index in [4.69, 9.17) is 9.84 Å². The number of anilines is 1. The molecule has 2 aromatic rings. The zero-order chi connectivity index (χ0) is 22.1. The van der Waals surface area contributed by atoms with Crippen LogP contribution < -0.4 is 10.1 Å². The molecule has 30 heavy (non-hydrogen) atoms. The van der Waals surface area contributed by atoms with Crippen molar-refractivity contribution in [2.75, 3.05) is 25.0 Å². The zero-order valence-corrected chi connectivity index (χ0v) is 16.9.